The van der Waals surface area contributed by atoms with Crippen LogP contribution in [0.25, 0.3) is 10.8 Å². The smallest absolute Gasteiger partial charge is 0.417 e. The highest BCUT2D eigenvalue weighted by atomic mass is 16.6. The molecule has 5 N–H and O–H groups in total. The molecule has 3 unspecified atom stereocenters. The van der Waals surface area contributed by atoms with E-state index in [0.29, 0.717) is 12.1 Å². The van der Waals surface area contributed by atoms with Gasteiger partial charge in [-0.25, -0.2) is 14.7 Å². The fourth-order valence-corrected chi connectivity index (χ4v) is 5.78. The van der Waals surface area contributed by atoms with E-state index in [1.807, 2.05) is 86.6 Å². The molecule has 0 fully saturated rings. The largest absolute Gasteiger partial charge is 0.461 e. The third-order valence-electron chi connectivity index (χ3n) is 8.64. The molecular formula is C39H49N5O7. The molecule has 51 heavy (non-hydrogen) atoms. The summed E-state index contributed by atoms with van der Waals surface area (Å²) in [7, 11) is 0. The third-order valence-corrected chi connectivity index (χ3v) is 8.64. The number of amides is 3. The zero-order valence-electron chi connectivity index (χ0n) is 29.9. The van der Waals surface area contributed by atoms with Crippen molar-refractivity contribution >= 4 is 34.6 Å². The SMILES string of the molecule is CCC(C)C(NC(=O)[C@H](Cc1c[nH]cn1)N(C(=O)OC(C)(C)C)C(=O)[C@@H](N)Cc1cccc2ccccc12)C(O)CC(=O)OCc1ccccc1. The van der Waals surface area contributed by atoms with Crippen LogP contribution in [0.2, 0.25) is 0 Å². The topological polar surface area (TPSA) is 177 Å². The summed E-state index contributed by atoms with van der Waals surface area (Å²) < 4.78 is 11.1. The highest BCUT2D eigenvalue weighted by molar-refractivity contribution is 6.00. The summed E-state index contributed by atoms with van der Waals surface area (Å²) in [5.41, 5.74) is 7.52. The Hall–Kier alpha value is -5.07. The van der Waals surface area contributed by atoms with E-state index in [2.05, 4.69) is 15.3 Å². The van der Waals surface area contributed by atoms with Crippen LogP contribution in [0.1, 0.15) is 64.3 Å². The Bertz CT molecular complexity index is 1750. The van der Waals surface area contributed by atoms with Gasteiger partial charge < -0.3 is 30.6 Å². The zero-order chi connectivity index (χ0) is 37.1. The maximum Gasteiger partial charge on any atom is 0.417 e. The van der Waals surface area contributed by atoms with Crippen molar-refractivity contribution in [3.05, 3.63) is 102 Å². The predicted molar refractivity (Wildman–Crippen MR) is 193 cm³/mol. The minimum Gasteiger partial charge on any atom is -0.461 e. The fourth-order valence-electron chi connectivity index (χ4n) is 5.78. The Labute approximate surface area is 298 Å². The lowest BCUT2D eigenvalue weighted by Gasteiger charge is -2.35. The zero-order valence-corrected chi connectivity index (χ0v) is 29.9. The average molecular weight is 700 g/mol. The first-order valence-corrected chi connectivity index (χ1v) is 17.2. The second kappa shape index (κ2) is 17.7. The number of imidazole rings is 1. The van der Waals surface area contributed by atoms with Gasteiger partial charge in [-0.05, 0) is 55.0 Å². The molecular weight excluding hydrogens is 650 g/mol. The number of aromatic nitrogens is 2. The van der Waals surface area contributed by atoms with Crippen LogP contribution in [0.4, 0.5) is 4.79 Å². The van der Waals surface area contributed by atoms with Crippen molar-refractivity contribution in [3.8, 4) is 0 Å². The molecule has 3 amide bonds. The maximum absolute atomic E-state index is 14.4. The molecule has 0 aliphatic rings. The number of rotatable bonds is 15. The van der Waals surface area contributed by atoms with Crippen LogP contribution < -0.4 is 11.1 Å². The molecule has 0 saturated heterocycles. The molecule has 12 nitrogen and oxygen atoms in total. The number of aliphatic hydroxyl groups is 1. The molecule has 0 saturated carbocycles. The van der Waals surface area contributed by atoms with Gasteiger partial charge in [0.15, 0.2) is 0 Å². The monoisotopic (exact) mass is 699 g/mol. The minimum atomic E-state index is -1.47. The number of aliphatic hydroxyl groups excluding tert-OH is 1. The van der Waals surface area contributed by atoms with Gasteiger partial charge in [-0.15, -0.1) is 0 Å². The van der Waals surface area contributed by atoms with E-state index in [9.17, 15) is 24.3 Å². The summed E-state index contributed by atoms with van der Waals surface area (Å²) >= 11 is 0. The number of H-pyrrole nitrogens is 1. The Balaban J connectivity index is 1.63. The summed E-state index contributed by atoms with van der Waals surface area (Å²) in [5.74, 6) is -2.53. The summed E-state index contributed by atoms with van der Waals surface area (Å²) in [6.07, 6.45) is 0.631. The third kappa shape index (κ3) is 11.0. The van der Waals surface area contributed by atoms with E-state index < -0.39 is 60.1 Å². The Morgan fingerprint density at radius 3 is 2.33 bits per heavy atom. The van der Waals surface area contributed by atoms with E-state index in [1.54, 1.807) is 27.0 Å². The number of nitrogens with one attached hydrogen (secondary N) is 2. The molecule has 0 aliphatic heterocycles. The number of imide groups is 1. The first kappa shape index (κ1) is 38.7. The Morgan fingerprint density at radius 1 is 0.980 bits per heavy atom. The van der Waals surface area contributed by atoms with Gasteiger partial charge in [-0.3, -0.25) is 14.4 Å². The first-order valence-electron chi connectivity index (χ1n) is 17.2. The molecule has 1 aromatic heterocycles. The van der Waals surface area contributed by atoms with E-state index in [-0.39, 0.29) is 25.4 Å². The molecule has 0 aliphatic carbocycles. The normalized spacial score (nSPS) is 14.5. The van der Waals surface area contributed by atoms with E-state index in [1.165, 1.54) is 6.33 Å². The summed E-state index contributed by atoms with van der Waals surface area (Å²) in [5, 5.41) is 16.0. The quantitative estimate of drug-likeness (QED) is 0.127. The molecule has 0 spiro atoms. The number of benzene rings is 3. The summed E-state index contributed by atoms with van der Waals surface area (Å²) in [6, 6.07) is 18.9. The fraction of sp³-hybridized carbons (Fsp3) is 0.410. The van der Waals surface area contributed by atoms with Crippen LogP contribution in [0.3, 0.4) is 0 Å². The van der Waals surface area contributed by atoms with Gasteiger partial charge in [0.05, 0.1) is 36.6 Å². The number of nitrogens with two attached hydrogens (primary N) is 1. The molecule has 4 aromatic rings. The van der Waals surface area contributed by atoms with Crippen molar-refractivity contribution in [1.82, 2.24) is 20.2 Å². The number of nitrogens with zero attached hydrogens (tertiary/aromatic N) is 2. The van der Waals surface area contributed by atoms with Crippen LogP contribution in [0, 0.1) is 5.92 Å². The number of carbonyl (C=O) groups is 4. The number of carbonyl (C=O) groups excluding carboxylic acids is 4. The van der Waals surface area contributed by atoms with Crippen LogP contribution in [-0.2, 0) is 43.3 Å². The Kier molecular flexibility index (Phi) is 13.5. The van der Waals surface area contributed by atoms with Gasteiger partial charge in [0.1, 0.15) is 18.2 Å². The van der Waals surface area contributed by atoms with Crippen LogP contribution in [-0.4, -0.2) is 73.7 Å². The van der Waals surface area contributed by atoms with E-state index in [4.69, 9.17) is 15.2 Å². The second-order valence-corrected chi connectivity index (χ2v) is 13.8. The maximum atomic E-state index is 14.4. The first-order chi connectivity index (χ1) is 24.3. The molecule has 12 heteroatoms. The molecule has 0 radical (unpaired) electrons. The van der Waals surface area contributed by atoms with E-state index in [0.717, 1.165) is 26.8 Å². The van der Waals surface area contributed by atoms with E-state index >= 15 is 0 Å². The molecule has 1 heterocycles. The van der Waals surface area contributed by atoms with Gasteiger partial charge in [0, 0.05) is 12.6 Å². The lowest BCUT2D eigenvalue weighted by atomic mass is 9.92. The number of hydrogen-bond donors (Lipinski definition) is 4. The van der Waals surface area contributed by atoms with Gasteiger partial charge in [-0.2, -0.15) is 0 Å². The molecule has 0 bridgehead atoms. The standard InChI is InChI=1S/C39H49N5O7/c1-6-25(2)35(33(45)21-34(46)50-23-26-13-8-7-9-14-26)43-36(47)32(20-29-22-41-24-42-29)44(38(49)51-39(3,4)5)37(48)31(40)19-28-17-12-16-27-15-10-11-18-30(27)28/h7-18,22,24-25,31-33,35,45H,6,19-21,23,40H2,1-5H3,(H,41,42)(H,43,47)/t25?,31-,32-,33?,35?/m0/s1. The number of esters is 1. The van der Waals surface area contributed by atoms with Gasteiger partial charge in [0.2, 0.25) is 11.8 Å². The molecule has 4 rings (SSSR count). The number of ether oxygens (including phenoxy) is 2. The van der Waals surface area contributed by atoms with Crippen LogP contribution >= 0.6 is 0 Å². The predicted octanol–water partition coefficient (Wildman–Crippen LogP) is 4.83. The lowest BCUT2D eigenvalue weighted by Crippen LogP contribution is -2.61. The molecule has 5 atom stereocenters. The van der Waals surface area contributed by atoms with Crippen molar-refractivity contribution in [2.75, 3.05) is 0 Å². The van der Waals surface area contributed by atoms with Gasteiger partial charge in [-0.1, -0.05) is 93.1 Å². The number of hydrogen-bond acceptors (Lipinski definition) is 9. The van der Waals surface area contributed by atoms with Crippen molar-refractivity contribution in [2.45, 2.75) is 96.7 Å². The van der Waals surface area contributed by atoms with Crippen LogP contribution in [0.5, 0.6) is 0 Å². The van der Waals surface area contributed by atoms with Crippen LogP contribution in [0.15, 0.2) is 85.3 Å². The van der Waals surface area contributed by atoms with Crippen molar-refractivity contribution in [1.29, 1.82) is 0 Å². The van der Waals surface area contributed by atoms with Gasteiger partial charge >= 0.3 is 12.1 Å². The van der Waals surface area contributed by atoms with Crippen molar-refractivity contribution < 1.29 is 33.8 Å². The number of fused-ring (bicyclic) bond motifs is 1. The summed E-state index contributed by atoms with van der Waals surface area (Å²) in [4.78, 5) is 63.2. The summed E-state index contributed by atoms with van der Waals surface area (Å²) in [6.45, 7) is 8.69. The average Bonchev–Trinajstić information content (AvgIpc) is 3.62. The lowest BCUT2D eigenvalue weighted by molar-refractivity contribution is -0.148. The minimum absolute atomic E-state index is 0.0322. The number of aromatic amines is 1. The molecule has 3 aromatic carbocycles. The van der Waals surface area contributed by atoms with Crippen molar-refractivity contribution in [2.24, 2.45) is 11.7 Å². The Morgan fingerprint density at radius 2 is 1.67 bits per heavy atom. The molecule has 272 valence electrons. The highest BCUT2D eigenvalue weighted by Crippen LogP contribution is 2.23. The second-order valence-electron chi connectivity index (χ2n) is 13.8. The van der Waals surface area contributed by atoms with Crippen molar-refractivity contribution in [3.63, 3.8) is 0 Å². The van der Waals surface area contributed by atoms with Gasteiger partial charge in [0.25, 0.3) is 0 Å². The highest BCUT2D eigenvalue weighted by Gasteiger charge is 2.42.